The van der Waals surface area contributed by atoms with Crippen molar-refractivity contribution in [1.29, 1.82) is 0 Å². The lowest BCUT2D eigenvalue weighted by atomic mass is 10.1. The molecular formula is C12H15BrIN3O2. The van der Waals surface area contributed by atoms with Crippen LogP contribution in [-0.2, 0) is 0 Å². The second-order valence-electron chi connectivity index (χ2n) is 4.24. The van der Waals surface area contributed by atoms with Crippen molar-refractivity contribution in [3.05, 3.63) is 31.8 Å². The number of hydrogen-bond donors (Lipinski definition) is 2. The fraction of sp³-hybridized carbons (Fsp3) is 0.333. The number of halogens is 2. The minimum absolute atomic E-state index is 0.00653. The number of nitrogens with zero attached hydrogens (tertiary/aromatic N) is 2. The van der Waals surface area contributed by atoms with Gasteiger partial charge >= 0.3 is 0 Å². The second-order valence-corrected chi connectivity index (χ2v) is 6.32. The van der Waals surface area contributed by atoms with Gasteiger partial charge in [-0.25, -0.2) is 0 Å². The summed E-state index contributed by atoms with van der Waals surface area (Å²) in [5, 5.41) is 11.5. The Bertz CT molecular complexity index is 506. The Morgan fingerprint density at radius 2 is 2.21 bits per heavy atom. The van der Waals surface area contributed by atoms with E-state index < -0.39 is 0 Å². The highest BCUT2D eigenvalue weighted by Crippen LogP contribution is 2.20. The van der Waals surface area contributed by atoms with Crippen LogP contribution in [0.4, 0.5) is 0 Å². The molecule has 0 heterocycles. The molecule has 0 saturated carbocycles. The molecule has 0 saturated heterocycles. The molecule has 5 nitrogen and oxygen atoms in total. The molecule has 0 aromatic heterocycles. The van der Waals surface area contributed by atoms with Gasteiger partial charge in [0.1, 0.15) is 0 Å². The number of rotatable bonds is 4. The molecule has 0 atom stereocenters. The maximum absolute atomic E-state index is 12.5. The first-order valence-electron chi connectivity index (χ1n) is 5.59. The van der Waals surface area contributed by atoms with Gasteiger partial charge in [-0.05, 0) is 54.6 Å². The molecule has 1 rings (SSSR count). The predicted molar refractivity (Wildman–Crippen MR) is 86.4 cm³/mol. The van der Waals surface area contributed by atoms with Crippen molar-refractivity contribution in [2.75, 3.05) is 6.54 Å². The number of carbonyl (C=O) groups is 1. The zero-order valence-electron chi connectivity index (χ0n) is 10.6. The highest BCUT2D eigenvalue weighted by molar-refractivity contribution is 14.1. The molecule has 1 aromatic carbocycles. The van der Waals surface area contributed by atoms with Crippen LogP contribution < -0.4 is 5.73 Å². The van der Waals surface area contributed by atoms with Crippen LogP contribution in [0.25, 0.3) is 0 Å². The highest BCUT2D eigenvalue weighted by Gasteiger charge is 2.22. The van der Waals surface area contributed by atoms with Crippen LogP contribution in [0.15, 0.2) is 27.8 Å². The van der Waals surface area contributed by atoms with Gasteiger partial charge in [0.15, 0.2) is 5.84 Å². The highest BCUT2D eigenvalue weighted by atomic mass is 127. The Labute approximate surface area is 134 Å². The SMILES string of the molecule is CC(C)N(C/C(N)=N/O)C(=O)c1cc(Br)ccc1I. The smallest absolute Gasteiger partial charge is 0.255 e. The first kappa shape index (κ1) is 16.2. The molecule has 7 heteroatoms. The third-order valence-corrected chi connectivity index (χ3v) is 3.94. The van der Waals surface area contributed by atoms with Crippen molar-refractivity contribution in [1.82, 2.24) is 4.90 Å². The molecule has 0 aliphatic rings. The zero-order chi connectivity index (χ0) is 14.6. The van der Waals surface area contributed by atoms with E-state index in [1.165, 1.54) is 0 Å². The van der Waals surface area contributed by atoms with Gasteiger partial charge in [-0.2, -0.15) is 0 Å². The molecule has 0 aliphatic heterocycles. The van der Waals surface area contributed by atoms with E-state index >= 15 is 0 Å². The Morgan fingerprint density at radius 3 is 2.74 bits per heavy atom. The molecule has 19 heavy (non-hydrogen) atoms. The fourth-order valence-corrected chi connectivity index (χ4v) is 2.44. The Morgan fingerprint density at radius 1 is 1.58 bits per heavy atom. The number of benzene rings is 1. The van der Waals surface area contributed by atoms with Crippen LogP contribution in [-0.4, -0.2) is 34.4 Å². The second kappa shape index (κ2) is 7.09. The van der Waals surface area contributed by atoms with E-state index in [-0.39, 0.29) is 24.3 Å². The maximum Gasteiger partial charge on any atom is 0.255 e. The van der Waals surface area contributed by atoms with E-state index in [1.54, 1.807) is 11.0 Å². The minimum Gasteiger partial charge on any atom is -0.409 e. The van der Waals surface area contributed by atoms with Gasteiger partial charge in [0, 0.05) is 14.1 Å². The van der Waals surface area contributed by atoms with Gasteiger partial charge in [0.2, 0.25) is 0 Å². The average molecular weight is 440 g/mol. The molecule has 0 bridgehead atoms. The van der Waals surface area contributed by atoms with Crippen molar-refractivity contribution < 1.29 is 10.0 Å². The van der Waals surface area contributed by atoms with E-state index in [0.29, 0.717) is 5.56 Å². The molecule has 0 spiro atoms. The number of carbonyl (C=O) groups excluding carboxylic acids is 1. The van der Waals surface area contributed by atoms with Crippen molar-refractivity contribution in [3.63, 3.8) is 0 Å². The van der Waals surface area contributed by atoms with E-state index in [9.17, 15) is 4.79 Å². The summed E-state index contributed by atoms with van der Waals surface area (Å²) in [7, 11) is 0. The number of nitrogens with two attached hydrogens (primary N) is 1. The molecule has 1 amide bonds. The maximum atomic E-state index is 12.5. The number of oxime groups is 1. The zero-order valence-corrected chi connectivity index (χ0v) is 14.3. The summed E-state index contributed by atoms with van der Waals surface area (Å²) >= 11 is 5.47. The summed E-state index contributed by atoms with van der Waals surface area (Å²) in [5.41, 5.74) is 6.08. The van der Waals surface area contributed by atoms with Crippen molar-refractivity contribution in [2.24, 2.45) is 10.9 Å². The van der Waals surface area contributed by atoms with Crippen LogP contribution in [0.5, 0.6) is 0 Å². The number of hydrogen-bond acceptors (Lipinski definition) is 3. The monoisotopic (exact) mass is 439 g/mol. The van der Waals surface area contributed by atoms with E-state index in [4.69, 9.17) is 10.9 Å². The first-order chi connectivity index (χ1) is 8.86. The molecular weight excluding hydrogens is 425 g/mol. The summed E-state index contributed by atoms with van der Waals surface area (Å²) in [6.45, 7) is 3.86. The van der Waals surface area contributed by atoms with E-state index in [1.807, 2.05) is 26.0 Å². The van der Waals surface area contributed by atoms with E-state index in [2.05, 4.69) is 43.7 Å². The molecule has 0 fully saturated rings. The van der Waals surface area contributed by atoms with Gasteiger partial charge < -0.3 is 15.8 Å². The number of amidine groups is 1. The van der Waals surface area contributed by atoms with Crippen molar-refractivity contribution >= 4 is 50.3 Å². The van der Waals surface area contributed by atoms with Crippen LogP contribution in [0, 0.1) is 3.57 Å². The van der Waals surface area contributed by atoms with Crippen molar-refractivity contribution in [2.45, 2.75) is 19.9 Å². The van der Waals surface area contributed by atoms with Gasteiger partial charge in [0.25, 0.3) is 5.91 Å². The Kier molecular flexibility index (Phi) is 6.05. The normalized spacial score (nSPS) is 11.7. The predicted octanol–water partition coefficient (Wildman–Crippen LogP) is 2.65. The van der Waals surface area contributed by atoms with Crippen LogP contribution in [0.1, 0.15) is 24.2 Å². The van der Waals surface area contributed by atoms with Gasteiger partial charge in [-0.3, -0.25) is 4.79 Å². The van der Waals surface area contributed by atoms with Crippen LogP contribution in [0.2, 0.25) is 0 Å². The largest absolute Gasteiger partial charge is 0.409 e. The molecule has 3 N–H and O–H groups in total. The average Bonchev–Trinajstić information content (AvgIpc) is 2.37. The van der Waals surface area contributed by atoms with Crippen LogP contribution >= 0.6 is 38.5 Å². The first-order valence-corrected chi connectivity index (χ1v) is 7.46. The van der Waals surface area contributed by atoms with E-state index in [0.717, 1.165) is 8.04 Å². The quantitative estimate of drug-likeness (QED) is 0.249. The summed E-state index contributed by atoms with van der Waals surface area (Å²) in [6, 6.07) is 5.45. The molecule has 1 aromatic rings. The lowest BCUT2D eigenvalue weighted by Crippen LogP contribution is -2.43. The standard InChI is InChI=1S/C12H15BrIN3O2/c1-7(2)17(6-11(15)16-19)12(18)9-5-8(13)3-4-10(9)14/h3-5,7,19H,6H2,1-2H3,(H2,15,16). The van der Waals surface area contributed by atoms with Crippen molar-refractivity contribution in [3.8, 4) is 0 Å². The summed E-state index contributed by atoms with van der Waals surface area (Å²) in [5.74, 6) is -0.139. The fourth-order valence-electron chi connectivity index (χ4n) is 1.51. The summed E-state index contributed by atoms with van der Waals surface area (Å²) in [6.07, 6.45) is 0. The summed E-state index contributed by atoms with van der Waals surface area (Å²) in [4.78, 5) is 14.1. The topological polar surface area (TPSA) is 78.9 Å². The Balaban J connectivity index is 3.09. The van der Waals surface area contributed by atoms with Gasteiger partial charge in [-0.15, -0.1) is 0 Å². The summed E-state index contributed by atoms with van der Waals surface area (Å²) < 4.78 is 1.69. The third-order valence-electron chi connectivity index (χ3n) is 2.50. The molecule has 0 aliphatic carbocycles. The molecule has 0 unspecified atom stereocenters. The lowest BCUT2D eigenvalue weighted by Gasteiger charge is -2.26. The molecule has 0 radical (unpaired) electrons. The van der Waals surface area contributed by atoms with Gasteiger partial charge in [-0.1, -0.05) is 21.1 Å². The number of amides is 1. The minimum atomic E-state index is -0.146. The molecule has 104 valence electrons. The third kappa shape index (κ3) is 4.34. The lowest BCUT2D eigenvalue weighted by molar-refractivity contribution is 0.0733. The van der Waals surface area contributed by atoms with Crippen LogP contribution in [0.3, 0.4) is 0 Å². The van der Waals surface area contributed by atoms with Gasteiger partial charge in [0.05, 0.1) is 12.1 Å². The Hall–Kier alpha value is -0.830.